The number of sulfonamides is 1. The highest BCUT2D eigenvalue weighted by Crippen LogP contribution is 2.21. The van der Waals surface area contributed by atoms with E-state index in [-0.39, 0.29) is 6.04 Å². The van der Waals surface area contributed by atoms with E-state index in [1.807, 2.05) is 0 Å². The van der Waals surface area contributed by atoms with Crippen LogP contribution in [-0.2, 0) is 10.0 Å². The molecule has 0 aromatic carbocycles. The van der Waals surface area contributed by atoms with Gasteiger partial charge in [-0.1, -0.05) is 0 Å². The average molecular weight is 296 g/mol. The van der Waals surface area contributed by atoms with Crippen LogP contribution in [0.15, 0.2) is 12.7 Å². The molecule has 1 fully saturated rings. The molecule has 1 saturated heterocycles. The first-order valence-corrected chi connectivity index (χ1v) is 8.25. The van der Waals surface area contributed by atoms with Gasteiger partial charge in [0.1, 0.15) is 11.8 Å². The van der Waals surface area contributed by atoms with Crippen LogP contribution in [0, 0.1) is 0 Å². The van der Waals surface area contributed by atoms with Gasteiger partial charge < -0.3 is 10.3 Å². The van der Waals surface area contributed by atoms with Gasteiger partial charge in [-0.05, 0) is 12.8 Å². The van der Waals surface area contributed by atoms with Gasteiger partial charge in [0.15, 0.2) is 11.5 Å². The summed E-state index contributed by atoms with van der Waals surface area (Å²) in [6, 6.07) is -0.0297. The van der Waals surface area contributed by atoms with E-state index in [0.29, 0.717) is 24.6 Å². The van der Waals surface area contributed by atoms with Crippen molar-refractivity contribution in [2.45, 2.75) is 18.9 Å². The molecule has 0 unspecified atom stereocenters. The van der Waals surface area contributed by atoms with E-state index in [1.54, 1.807) is 10.6 Å². The van der Waals surface area contributed by atoms with Crippen LogP contribution in [-0.4, -0.2) is 58.0 Å². The molecule has 0 spiro atoms. The fourth-order valence-corrected chi connectivity index (χ4v) is 3.75. The molecule has 8 nitrogen and oxygen atoms in total. The van der Waals surface area contributed by atoms with E-state index in [1.165, 1.54) is 12.6 Å². The summed E-state index contributed by atoms with van der Waals surface area (Å²) in [4.78, 5) is 15.2. The van der Waals surface area contributed by atoms with Crippen LogP contribution >= 0.6 is 0 Å². The average Bonchev–Trinajstić information content (AvgIpc) is 3.04. The molecule has 108 valence electrons. The summed E-state index contributed by atoms with van der Waals surface area (Å²) < 4.78 is 24.9. The van der Waals surface area contributed by atoms with Crippen molar-refractivity contribution in [3.8, 4) is 0 Å². The molecule has 2 aromatic rings. The zero-order valence-electron chi connectivity index (χ0n) is 11.1. The van der Waals surface area contributed by atoms with Gasteiger partial charge in [0.05, 0.1) is 12.6 Å². The molecule has 1 aliphatic heterocycles. The highest BCUT2D eigenvalue weighted by atomic mass is 32.2. The number of rotatable bonds is 4. The molecule has 9 heteroatoms. The Hall–Kier alpha value is -1.74. The second-order valence-electron chi connectivity index (χ2n) is 4.87. The Bertz CT molecular complexity index is 713. The Balaban J connectivity index is 1.75. The van der Waals surface area contributed by atoms with Crippen LogP contribution in [0.4, 0.5) is 5.82 Å². The summed E-state index contributed by atoms with van der Waals surface area (Å²) in [5.41, 5.74) is 1.32. The first-order chi connectivity index (χ1) is 9.55. The number of hydrogen-bond donors (Lipinski definition) is 2. The van der Waals surface area contributed by atoms with E-state index in [4.69, 9.17) is 0 Å². The third-order valence-electron chi connectivity index (χ3n) is 3.48. The Morgan fingerprint density at radius 3 is 3.10 bits per heavy atom. The van der Waals surface area contributed by atoms with E-state index in [0.717, 1.165) is 18.4 Å². The van der Waals surface area contributed by atoms with Crippen molar-refractivity contribution in [1.82, 2.24) is 24.2 Å². The largest absolute Gasteiger partial charge is 0.367 e. The minimum Gasteiger partial charge on any atom is -0.367 e. The summed E-state index contributed by atoms with van der Waals surface area (Å²) in [6.45, 7) is 1.12. The van der Waals surface area contributed by atoms with Crippen LogP contribution in [0.1, 0.15) is 12.8 Å². The fraction of sp³-hybridized carbons (Fsp3) is 0.545. The van der Waals surface area contributed by atoms with Crippen LogP contribution < -0.4 is 5.32 Å². The number of fused-ring (bicyclic) bond motifs is 1. The van der Waals surface area contributed by atoms with Crippen molar-refractivity contribution in [1.29, 1.82) is 0 Å². The smallest absolute Gasteiger partial charge is 0.211 e. The molecule has 20 heavy (non-hydrogen) atoms. The maximum absolute atomic E-state index is 11.7. The molecular formula is C11H16N6O2S. The summed E-state index contributed by atoms with van der Waals surface area (Å²) >= 11 is 0. The standard InChI is InChI=1S/C11H16N6O2S/c1-20(18,19)17-4-2-3-8(17)5-12-10-9-11(14-6-13-9)16-7-15-10/h6-8H,2-5H2,1H3,(H2,12,13,14,15,16)/t8-/m1/s1. The molecule has 3 rings (SSSR count). The van der Waals surface area contributed by atoms with E-state index in [2.05, 4.69) is 25.3 Å². The number of nitrogens with zero attached hydrogens (tertiary/aromatic N) is 4. The van der Waals surface area contributed by atoms with Crippen LogP contribution in [0.5, 0.6) is 0 Å². The van der Waals surface area contributed by atoms with E-state index >= 15 is 0 Å². The monoisotopic (exact) mass is 296 g/mol. The summed E-state index contributed by atoms with van der Waals surface area (Å²) in [5.74, 6) is 0.646. The molecule has 0 aliphatic carbocycles. The zero-order chi connectivity index (χ0) is 14.2. The molecule has 2 N–H and O–H groups in total. The van der Waals surface area contributed by atoms with Crippen molar-refractivity contribution in [3.63, 3.8) is 0 Å². The number of H-pyrrole nitrogens is 1. The van der Waals surface area contributed by atoms with Crippen LogP contribution in [0.2, 0.25) is 0 Å². The second kappa shape index (κ2) is 4.98. The van der Waals surface area contributed by atoms with Crippen molar-refractivity contribution in [2.75, 3.05) is 24.7 Å². The molecular weight excluding hydrogens is 280 g/mol. The lowest BCUT2D eigenvalue weighted by molar-refractivity contribution is 0.402. The lowest BCUT2D eigenvalue weighted by Gasteiger charge is -2.22. The van der Waals surface area contributed by atoms with Crippen molar-refractivity contribution < 1.29 is 8.42 Å². The molecule has 0 saturated carbocycles. The lowest BCUT2D eigenvalue weighted by Crippen LogP contribution is -2.38. The number of nitrogens with one attached hydrogen (secondary N) is 2. The Morgan fingerprint density at radius 1 is 1.45 bits per heavy atom. The Kier molecular flexibility index (Phi) is 3.30. The first-order valence-electron chi connectivity index (χ1n) is 6.40. The topological polar surface area (TPSA) is 104 Å². The quantitative estimate of drug-likeness (QED) is 0.834. The number of hydrogen-bond acceptors (Lipinski definition) is 6. The first kappa shape index (κ1) is 13.3. The number of aromatic nitrogens is 4. The molecule has 0 bridgehead atoms. The van der Waals surface area contributed by atoms with Gasteiger partial charge in [0.25, 0.3) is 0 Å². The lowest BCUT2D eigenvalue weighted by atomic mass is 10.2. The van der Waals surface area contributed by atoms with Gasteiger partial charge in [-0.2, -0.15) is 4.31 Å². The second-order valence-corrected chi connectivity index (χ2v) is 6.81. The van der Waals surface area contributed by atoms with Crippen LogP contribution in [0.25, 0.3) is 11.2 Å². The summed E-state index contributed by atoms with van der Waals surface area (Å²) in [5, 5.41) is 3.19. The molecule has 0 amide bonds. The van der Waals surface area contributed by atoms with Gasteiger partial charge in [-0.15, -0.1) is 0 Å². The highest BCUT2D eigenvalue weighted by Gasteiger charge is 2.31. The van der Waals surface area contributed by atoms with Crippen molar-refractivity contribution >= 4 is 27.0 Å². The fourth-order valence-electron chi connectivity index (χ4n) is 2.56. The van der Waals surface area contributed by atoms with Crippen molar-refractivity contribution in [3.05, 3.63) is 12.7 Å². The third kappa shape index (κ3) is 2.46. The Labute approximate surface area is 116 Å². The van der Waals surface area contributed by atoms with E-state index in [9.17, 15) is 8.42 Å². The van der Waals surface area contributed by atoms with Gasteiger partial charge >= 0.3 is 0 Å². The maximum atomic E-state index is 11.7. The molecule has 1 atom stereocenters. The third-order valence-corrected chi connectivity index (χ3v) is 4.81. The SMILES string of the molecule is CS(=O)(=O)N1CCC[C@@H]1CNc1ncnc2nc[nH]c12. The normalized spacial score (nSPS) is 20.6. The molecule has 3 heterocycles. The van der Waals surface area contributed by atoms with Gasteiger partial charge in [-0.3, -0.25) is 0 Å². The predicted molar refractivity (Wildman–Crippen MR) is 74.7 cm³/mol. The zero-order valence-corrected chi connectivity index (χ0v) is 11.9. The number of anilines is 1. The summed E-state index contributed by atoms with van der Waals surface area (Å²) in [7, 11) is -3.15. The summed E-state index contributed by atoms with van der Waals surface area (Å²) in [6.07, 6.45) is 6.00. The van der Waals surface area contributed by atoms with Gasteiger partial charge in [-0.25, -0.2) is 23.4 Å². The van der Waals surface area contributed by atoms with Crippen molar-refractivity contribution in [2.24, 2.45) is 0 Å². The number of aromatic amines is 1. The van der Waals surface area contributed by atoms with E-state index < -0.39 is 10.0 Å². The minimum absolute atomic E-state index is 0.0297. The molecule has 2 aromatic heterocycles. The highest BCUT2D eigenvalue weighted by molar-refractivity contribution is 7.88. The minimum atomic E-state index is -3.15. The van der Waals surface area contributed by atoms with Crippen LogP contribution in [0.3, 0.4) is 0 Å². The molecule has 1 aliphatic rings. The number of imidazole rings is 1. The Morgan fingerprint density at radius 2 is 2.30 bits per heavy atom. The maximum Gasteiger partial charge on any atom is 0.211 e. The van der Waals surface area contributed by atoms with Gasteiger partial charge in [0, 0.05) is 19.1 Å². The predicted octanol–water partition coefficient (Wildman–Crippen LogP) is 0.189. The van der Waals surface area contributed by atoms with Gasteiger partial charge in [0.2, 0.25) is 10.0 Å². The molecule has 0 radical (unpaired) electrons.